The van der Waals surface area contributed by atoms with E-state index in [9.17, 15) is 5.11 Å². The van der Waals surface area contributed by atoms with Crippen LogP contribution < -0.4 is 4.74 Å². The molecule has 0 aromatic heterocycles. The second kappa shape index (κ2) is 4.90. The van der Waals surface area contributed by atoms with Gasteiger partial charge in [0.15, 0.2) is 0 Å². The van der Waals surface area contributed by atoms with Gasteiger partial charge in [0, 0.05) is 11.8 Å². The van der Waals surface area contributed by atoms with Gasteiger partial charge in [-0.25, -0.2) is 0 Å². The maximum atomic E-state index is 9.85. The molecule has 0 amide bonds. The fourth-order valence-corrected chi connectivity index (χ4v) is 3.36. The molecule has 3 atom stereocenters. The van der Waals surface area contributed by atoms with E-state index in [1.54, 1.807) is 0 Å². The van der Waals surface area contributed by atoms with Crippen molar-refractivity contribution in [3.05, 3.63) is 27.1 Å². The zero-order valence-electron chi connectivity index (χ0n) is 9.91. The molecule has 1 saturated carbocycles. The van der Waals surface area contributed by atoms with Crippen LogP contribution in [0.4, 0.5) is 0 Å². The van der Waals surface area contributed by atoms with Gasteiger partial charge >= 0.3 is 0 Å². The number of hydrogen-bond acceptors (Lipinski definition) is 2. The van der Waals surface area contributed by atoms with Crippen LogP contribution in [0.5, 0.6) is 5.75 Å². The van der Waals surface area contributed by atoms with Gasteiger partial charge in [-0.2, -0.15) is 0 Å². The summed E-state index contributed by atoms with van der Waals surface area (Å²) in [6.45, 7) is 4.17. The molecule has 2 nitrogen and oxygen atoms in total. The quantitative estimate of drug-likeness (QED) is 0.874. The molecule has 1 aliphatic carbocycles. The van der Waals surface area contributed by atoms with E-state index in [4.69, 9.17) is 4.74 Å². The molecule has 0 heterocycles. The predicted molar refractivity (Wildman–Crippen MR) is 75.3 cm³/mol. The van der Waals surface area contributed by atoms with Crippen LogP contribution in [0.1, 0.15) is 26.7 Å². The minimum absolute atomic E-state index is 0.0810. The minimum atomic E-state index is -0.251. The van der Waals surface area contributed by atoms with Crippen LogP contribution in [0, 0.1) is 5.41 Å². The Morgan fingerprint density at radius 1 is 1.41 bits per heavy atom. The molecule has 0 saturated heterocycles. The topological polar surface area (TPSA) is 29.5 Å². The molecule has 0 spiro atoms. The summed E-state index contributed by atoms with van der Waals surface area (Å²) in [4.78, 5) is 0. The Morgan fingerprint density at radius 2 is 2.00 bits per heavy atom. The van der Waals surface area contributed by atoms with Crippen molar-refractivity contribution in [3.63, 3.8) is 0 Å². The molecular formula is C13H16Br2O2. The SMILES string of the molecule is CCC1(C)C(O)CC1Oc1c(Br)cccc1Br. The third-order valence-corrected chi connectivity index (χ3v) is 5.12. The fraction of sp³-hybridized carbons (Fsp3) is 0.538. The molecule has 1 fully saturated rings. The van der Waals surface area contributed by atoms with Crippen LogP contribution in [0.3, 0.4) is 0 Å². The molecule has 2 rings (SSSR count). The van der Waals surface area contributed by atoms with Crippen LogP contribution in [-0.4, -0.2) is 17.3 Å². The Kier molecular flexibility index (Phi) is 3.86. The normalized spacial score (nSPS) is 32.1. The van der Waals surface area contributed by atoms with E-state index in [1.807, 2.05) is 18.2 Å². The van der Waals surface area contributed by atoms with E-state index >= 15 is 0 Å². The van der Waals surface area contributed by atoms with E-state index in [-0.39, 0.29) is 17.6 Å². The lowest BCUT2D eigenvalue weighted by Crippen LogP contribution is -2.57. The van der Waals surface area contributed by atoms with Crippen molar-refractivity contribution in [2.75, 3.05) is 0 Å². The number of aliphatic hydroxyl groups excluding tert-OH is 1. The van der Waals surface area contributed by atoms with Crippen LogP contribution in [-0.2, 0) is 0 Å². The number of halogens is 2. The summed E-state index contributed by atoms with van der Waals surface area (Å²) in [7, 11) is 0. The molecule has 1 aromatic rings. The molecule has 0 radical (unpaired) electrons. The van der Waals surface area contributed by atoms with Crippen molar-refractivity contribution >= 4 is 31.9 Å². The lowest BCUT2D eigenvalue weighted by Gasteiger charge is -2.50. The summed E-state index contributed by atoms with van der Waals surface area (Å²) in [5.74, 6) is 0.823. The molecule has 3 unspecified atom stereocenters. The average molecular weight is 364 g/mol. The zero-order valence-corrected chi connectivity index (χ0v) is 13.1. The number of para-hydroxylation sites is 1. The first kappa shape index (κ1) is 13.4. The Labute approximate surface area is 119 Å². The van der Waals surface area contributed by atoms with E-state index < -0.39 is 0 Å². The van der Waals surface area contributed by atoms with E-state index in [1.165, 1.54) is 0 Å². The predicted octanol–water partition coefficient (Wildman–Crippen LogP) is 4.14. The number of benzene rings is 1. The van der Waals surface area contributed by atoms with E-state index in [0.717, 1.165) is 21.1 Å². The van der Waals surface area contributed by atoms with Crippen LogP contribution >= 0.6 is 31.9 Å². The molecule has 4 heteroatoms. The maximum absolute atomic E-state index is 9.85. The number of ether oxygens (including phenoxy) is 1. The van der Waals surface area contributed by atoms with Crippen LogP contribution in [0.15, 0.2) is 27.1 Å². The molecular weight excluding hydrogens is 348 g/mol. The van der Waals surface area contributed by atoms with Gasteiger partial charge in [0.25, 0.3) is 0 Å². The second-order valence-electron chi connectivity index (χ2n) is 4.77. The van der Waals surface area contributed by atoms with Crippen LogP contribution in [0.2, 0.25) is 0 Å². The Morgan fingerprint density at radius 3 is 2.47 bits per heavy atom. The summed E-state index contributed by atoms with van der Waals surface area (Å²) < 4.78 is 7.91. The van der Waals surface area contributed by atoms with Crippen LogP contribution in [0.25, 0.3) is 0 Å². The van der Waals surface area contributed by atoms with Crippen molar-refractivity contribution in [2.45, 2.75) is 38.9 Å². The van der Waals surface area contributed by atoms with Gasteiger partial charge in [-0.1, -0.05) is 19.9 Å². The van der Waals surface area contributed by atoms with Crippen molar-refractivity contribution in [3.8, 4) is 5.75 Å². The smallest absolute Gasteiger partial charge is 0.148 e. The van der Waals surface area contributed by atoms with E-state index in [2.05, 4.69) is 45.7 Å². The van der Waals surface area contributed by atoms with Gasteiger partial charge in [0.05, 0.1) is 15.0 Å². The lowest BCUT2D eigenvalue weighted by atomic mass is 9.63. The molecule has 1 N–H and O–H groups in total. The first-order chi connectivity index (χ1) is 7.99. The van der Waals surface area contributed by atoms with Crippen molar-refractivity contribution in [1.82, 2.24) is 0 Å². The number of aliphatic hydroxyl groups is 1. The highest BCUT2D eigenvalue weighted by molar-refractivity contribution is 9.11. The van der Waals surface area contributed by atoms with Gasteiger partial charge in [0.1, 0.15) is 11.9 Å². The Balaban J connectivity index is 2.18. The number of rotatable bonds is 3. The summed E-state index contributed by atoms with van der Waals surface area (Å²) in [6, 6.07) is 5.87. The zero-order chi connectivity index (χ0) is 12.6. The Bertz CT molecular complexity index is 402. The first-order valence-corrected chi connectivity index (χ1v) is 7.36. The molecule has 94 valence electrons. The highest BCUT2D eigenvalue weighted by Crippen LogP contribution is 2.47. The third-order valence-electron chi connectivity index (χ3n) is 3.87. The standard InChI is InChI=1S/C13H16Br2O2/c1-3-13(2)10(16)7-11(13)17-12-8(14)5-4-6-9(12)15/h4-6,10-11,16H,3,7H2,1-2H3. The van der Waals surface area contributed by atoms with Gasteiger partial charge < -0.3 is 9.84 Å². The van der Waals surface area contributed by atoms with Crippen molar-refractivity contribution < 1.29 is 9.84 Å². The average Bonchev–Trinajstić information content (AvgIpc) is 2.31. The second-order valence-corrected chi connectivity index (χ2v) is 6.48. The van der Waals surface area contributed by atoms with Gasteiger partial charge in [-0.05, 0) is 50.4 Å². The highest BCUT2D eigenvalue weighted by Gasteiger charge is 2.51. The minimum Gasteiger partial charge on any atom is -0.487 e. The summed E-state index contributed by atoms with van der Waals surface area (Å²) in [5, 5.41) is 9.85. The monoisotopic (exact) mass is 362 g/mol. The van der Waals surface area contributed by atoms with Gasteiger partial charge in [-0.3, -0.25) is 0 Å². The number of hydrogen-bond donors (Lipinski definition) is 1. The first-order valence-electron chi connectivity index (χ1n) is 5.77. The molecule has 0 aliphatic heterocycles. The maximum Gasteiger partial charge on any atom is 0.148 e. The van der Waals surface area contributed by atoms with Crippen molar-refractivity contribution in [2.24, 2.45) is 5.41 Å². The molecule has 0 bridgehead atoms. The van der Waals surface area contributed by atoms with Gasteiger partial charge in [-0.15, -0.1) is 0 Å². The summed E-state index contributed by atoms with van der Waals surface area (Å²) in [6.07, 6.45) is 1.45. The van der Waals surface area contributed by atoms with Crippen molar-refractivity contribution in [1.29, 1.82) is 0 Å². The third kappa shape index (κ3) is 2.27. The lowest BCUT2D eigenvalue weighted by molar-refractivity contribution is -0.147. The molecule has 17 heavy (non-hydrogen) atoms. The van der Waals surface area contributed by atoms with E-state index in [0.29, 0.717) is 6.42 Å². The largest absolute Gasteiger partial charge is 0.487 e. The Hall–Kier alpha value is -0.0600. The fourth-order valence-electron chi connectivity index (χ4n) is 2.18. The summed E-state index contributed by atoms with van der Waals surface area (Å²) in [5.41, 5.74) is -0.130. The van der Waals surface area contributed by atoms with Gasteiger partial charge in [0.2, 0.25) is 0 Å². The molecule has 1 aromatic carbocycles. The summed E-state index contributed by atoms with van der Waals surface area (Å²) >= 11 is 6.97. The molecule has 1 aliphatic rings. The highest BCUT2D eigenvalue weighted by atomic mass is 79.9.